The molecule has 0 heterocycles. The maximum Gasteiger partial charge on any atom is 0.313 e. The van der Waals surface area contributed by atoms with E-state index in [4.69, 9.17) is 4.74 Å². The molecule has 1 saturated carbocycles. The lowest BCUT2D eigenvalue weighted by atomic mass is 9.65. The molecule has 5 nitrogen and oxygen atoms in total. The normalized spacial score (nSPS) is 18.8. The summed E-state index contributed by atoms with van der Waals surface area (Å²) in [4.78, 5) is 25.0. The lowest BCUT2D eigenvalue weighted by molar-refractivity contribution is -0.159. The molecule has 2 N–H and O–H groups in total. The van der Waals surface area contributed by atoms with Crippen LogP contribution in [0.1, 0.15) is 62.7 Å². The molecule has 0 saturated heterocycles. The van der Waals surface area contributed by atoms with Gasteiger partial charge in [-0.15, -0.1) is 0 Å². The third-order valence-corrected chi connectivity index (χ3v) is 5.61. The number of amides is 1. The van der Waals surface area contributed by atoms with Crippen molar-refractivity contribution in [2.75, 3.05) is 7.11 Å². The molecule has 1 aliphatic carbocycles. The minimum atomic E-state index is -0.659. The third-order valence-electron chi connectivity index (χ3n) is 5.61. The van der Waals surface area contributed by atoms with Gasteiger partial charge in [-0.25, -0.2) is 5.43 Å². The molecule has 1 unspecified atom stereocenters. The molecule has 0 bridgehead atoms. The second kappa shape index (κ2) is 8.99. The fourth-order valence-corrected chi connectivity index (χ4v) is 4.01. The maximum atomic E-state index is 12.7. The smallest absolute Gasteiger partial charge is 0.313 e. The summed E-state index contributed by atoms with van der Waals surface area (Å²) in [5, 5.41) is 0. The predicted octanol–water partition coefficient (Wildman–Crippen LogP) is 3.46. The average Bonchev–Trinajstić information content (AvgIpc) is 2.68. The van der Waals surface area contributed by atoms with Gasteiger partial charge < -0.3 is 4.74 Å². The van der Waals surface area contributed by atoms with Gasteiger partial charge >= 0.3 is 5.97 Å². The van der Waals surface area contributed by atoms with E-state index in [0.717, 1.165) is 32.1 Å². The third kappa shape index (κ3) is 4.40. The Morgan fingerprint density at radius 2 is 1.84 bits per heavy atom. The van der Waals surface area contributed by atoms with E-state index in [9.17, 15) is 9.59 Å². The molecule has 0 aromatic heterocycles. The summed E-state index contributed by atoms with van der Waals surface area (Å²) in [7, 11) is 1.44. The van der Waals surface area contributed by atoms with Gasteiger partial charge in [0, 0.05) is 11.6 Å². The number of ether oxygens (including phenoxy) is 1. The van der Waals surface area contributed by atoms with E-state index in [1.807, 2.05) is 32.0 Å². The number of nitrogens with one attached hydrogen (secondary N) is 2. The van der Waals surface area contributed by atoms with Gasteiger partial charge in [0.15, 0.2) is 0 Å². The van der Waals surface area contributed by atoms with Crippen LogP contribution < -0.4 is 10.9 Å². The molecule has 1 amide bonds. The van der Waals surface area contributed by atoms with Gasteiger partial charge in [-0.3, -0.25) is 15.0 Å². The maximum absolute atomic E-state index is 12.7. The van der Waals surface area contributed by atoms with Crippen molar-refractivity contribution in [2.24, 2.45) is 11.3 Å². The molecule has 0 radical (unpaired) electrons. The predicted molar refractivity (Wildman–Crippen MR) is 97.8 cm³/mol. The lowest BCUT2D eigenvalue weighted by Gasteiger charge is -2.43. The average molecular weight is 346 g/mol. The Morgan fingerprint density at radius 1 is 1.20 bits per heavy atom. The highest BCUT2D eigenvalue weighted by Crippen LogP contribution is 2.42. The van der Waals surface area contributed by atoms with E-state index in [1.165, 1.54) is 13.5 Å². The van der Waals surface area contributed by atoms with Crippen molar-refractivity contribution in [3.05, 3.63) is 35.9 Å². The van der Waals surface area contributed by atoms with E-state index < -0.39 is 5.41 Å². The minimum absolute atomic E-state index is 0.185. The highest BCUT2D eigenvalue weighted by atomic mass is 16.5. The summed E-state index contributed by atoms with van der Waals surface area (Å²) >= 11 is 0. The molecular weight excluding hydrogens is 316 g/mol. The second-order valence-electron chi connectivity index (χ2n) is 7.03. The van der Waals surface area contributed by atoms with Gasteiger partial charge in [0.2, 0.25) is 0 Å². The first-order valence-corrected chi connectivity index (χ1v) is 9.23. The first kappa shape index (κ1) is 19.4. The van der Waals surface area contributed by atoms with E-state index in [-0.39, 0.29) is 23.8 Å². The SMILES string of the molecule is CC[C@H](NNC(=O)c1ccccc1)C(C)(C(=O)OC)C1CCCCC1. The summed E-state index contributed by atoms with van der Waals surface area (Å²) in [6.07, 6.45) is 6.28. The molecule has 0 aliphatic heterocycles. The summed E-state index contributed by atoms with van der Waals surface area (Å²) in [6.45, 7) is 4.00. The van der Waals surface area contributed by atoms with Crippen LogP contribution in [0.5, 0.6) is 0 Å². The van der Waals surface area contributed by atoms with Crippen molar-refractivity contribution in [1.82, 2.24) is 10.9 Å². The largest absolute Gasteiger partial charge is 0.469 e. The molecule has 2 atom stereocenters. The molecule has 1 aromatic carbocycles. The number of hydrazine groups is 1. The Bertz CT molecular complexity index is 570. The molecule has 1 aromatic rings. The number of methoxy groups -OCH3 is 1. The topological polar surface area (TPSA) is 67.4 Å². The van der Waals surface area contributed by atoms with E-state index >= 15 is 0 Å². The first-order chi connectivity index (χ1) is 12.0. The summed E-state index contributed by atoms with van der Waals surface area (Å²) in [5.74, 6) is -0.137. The molecule has 1 aliphatic rings. The Kier molecular flexibility index (Phi) is 7.00. The van der Waals surface area contributed by atoms with Crippen LogP contribution in [0.2, 0.25) is 0 Å². The van der Waals surface area contributed by atoms with Crippen LogP contribution in [0.4, 0.5) is 0 Å². The van der Waals surface area contributed by atoms with Crippen LogP contribution in [0.25, 0.3) is 0 Å². The van der Waals surface area contributed by atoms with E-state index in [2.05, 4.69) is 10.9 Å². The summed E-state index contributed by atoms with van der Waals surface area (Å²) < 4.78 is 5.15. The second-order valence-corrected chi connectivity index (χ2v) is 7.03. The zero-order valence-electron chi connectivity index (χ0n) is 15.5. The van der Waals surface area contributed by atoms with Crippen molar-refractivity contribution in [3.8, 4) is 0 Å². The molecule has 138 valence electrons. The fourth-order valence-electron chi connectivity index (χ4n) is 4.01. The van der Waals surface area contributed by atoms with Crippen LogP contribution in [-0.2, 0) is 9.53 Å². The van der Waals surface area contributed by atoms with Gasteiger partial charge in [-0.2, -0.15) is 0 Å². The fraction of sp³-hybridized carbons (Fsp3) is 0.600. The number of hydrogen-bond donors (Lipinski definition) is 2. The Hall–Kier alpha value is -1.88. The lowest BCUT2D eigenvalue weighted by Crippen LogP contribution is -2.57. The van der Waals surface area contributed by atoms with Crippen molar-refractivity contribution in [3.63, 3.8) is 0 Å². The zero-order valence-corrected chi connectivity index (χ0v) is 15.5. The Morgan fingerprint density at radius 3 is 2.40 bits per heavy atom. The number of hydrogen-bond acceptors (Lipinski definition) is 4. The standard InChI is InChI=1S/C20H30N2O3/c1-4-17(21-22-18(23)15-11-7-5-8-12-15)20(2,19(24)25-3)16-13-9-6-10-14-16/h5,7-8,11-12,16-17,21H,4,6,9-10,13-14H2,1-3H3,(H,22,23)/t17-,20?/m0/s1. The van der Waals surface area contributed by atoms with Gasteiger partial charge in [0.1, 0.15) is 0 Å². The van der Waals surface area contributed by atoms with Crippen molar-refractivity contribution in [2.45, 2.75) is 58.4 Å². The van der Waals surface area contributed by atoms with Crippen LogP contribution in [-0.4, -0.2) is 25.0 Å². The highest BCUT2D eigenvalue weighted by molar-refractivity contribution is 5.93. The van der Waals surface area contributed by atoms with Gasteiger partial charge in [-0.05, 0) is 44.2 Å². The number of esters is 1. The molecular formula is C20H30N2O3. The van der Waals surface area contributed by atoms with Crippen LogP contribution in [0.3, 0.4) is 0 Å². The van der Waals surface area contributed by atoms with Crippen molar-refractivity contribution < 1.29 is 14.3 Å². The van der Waals surface area contributed by atoms with Crippen LogP contribution >= 0.6 is 0 Å². The summed E-state index contributed by atoms with van der Waals surface area (Å²) in [6, 6.07) is 8.86. The number of benzene rings is 1. The van der Waals surface area contributed by atoms with Gasteiger partial charge in [0.05, 0.1) is 12.5 Å². The van der Waals surface area contributed by atoms with Gasteiger partial charge in [-0.1, -0.05) is 44.4 Å². The molecule has 1 fully saturated rings. The van der Waals surface area contributed by atoms with Gasteiger partial charge in [0.25, 0.3) is 5.91 Å². The molecule has 25 heavy (non-hydrogen) atoms. The quantitative estimate of drug-likeness (QED) is 0.586. The van der Waals surface area contributed by atoms with Crippen LogP contribution in [0.15, 0.2) is 30.3 Å². The Labute approximate surface area is 150 Å². The monoisotopic (exact) mass is 346 g/mol. The van der Waals surface area contributed by atoms with E-state index in [1.54, 1.807) is 12.1 Å². The highest BCUT2D eigenvalue weighted by Gasteiger charge is 2.48. The first-order valence-electron chi connectivity index (χ1n) is 9.23. The minimum Gasteiger partial charge on any atom is -0.469 e. The molecule has 2 rings (SSSR count). The number of carbonyl (C=O) groups is 2. The zero-order chi connectivity index (χ0) is 18.3. The van der Waals surface area contributed by atoms with Crippen molar-refractivity contribution in [1.29, 1.82) is 0 Å². The van der Waals surface area contributed by atoms with E-state index in [0.29, 0.717) is 5.56 Å². The van der Waals surface area contributed by atoms with Crippen molar-refractivity contribution >= 4 is 11.9 Å². The molecule has 5 heteroatoms. The molecule has 0 spiro atoms. The number of rotatable bonds is 7. The number of carbonyl (C=O) groups excluding carboxylic acids is 2. The Balaban J connectivity index is 2.13. The van der Waals surface area contributed by atoms with Crippen LogP contribution in [0, 0.1) is 11.3 Å². The summed E-state index contributed by atoms with van der Waals surface area (Å²) in [5.41, 5.74) is 5.82.